The number of thiazole rings is 1. The van der Waals surface area contributed by atoms with Crippen molar-refractivity contribution in [3.05, 3.63) is 10.4 Å². The van der Waals surface area contributed by atoms with Gasteiger partial charge in [0.25, 0.3) is 0 Å². The molecule has 0 amide bonds. The minimum absolute atomic E-state index is 0.180. The maximum absolute atomic E-state index is 5.76. The lowest BCUT2D eigenvalue weighted by atomic mass is 9.97. The molecule has 1 unspecified atom stereocenters. The molecule has 2 heterocycles. The first-order chi connectivity index (χ1) is 6.21. The highest BCUT2D eigenvalue weighted by atomic mass is 32.1. The summed E-state index contributed by atoms with van der Waals surface area (Å²) in [5.74, 6) is 0.607. The molecule has 0 aliphatic carbocycles. The summed E-state index contributed by atoms with van der Waals surface area (Å²) in [6, 6.07) is 0. The Kier molecular flexibility index (Phi) is 2.26. The van der Waals surface area contributed by atoms with Crippen LogP contribution in [0.1, 0.15) is 31.2 Å². The number of nitrogens with two attached hydrogens (primary N) is 1. The van der Waals surface area contributed by atoms with Crippen LogP contribution in [0, 0.1) is 0 Å². The maximum atomic E-state index is 5.76. The summed E-state index contributed by atoms with van der Waals surface area (Å²) < 4.78 is 5.76. The first-order valence-corrected chi connectivity index (χ1v) is 5.44. The van der Waals surface area contributed by atoms with Crippen LogP contribution in [0.5, 0.6) is 0 Å². The van der Waals surface area contributed by atoms with Crippen molar-refractivity contribution >= 4 is 17.2 Å². The van der Waals surface area contributed by atoms with E-state index in [1.807, 2.05) is 5.38 Å². The van der Waals surface area contributed by atoms with E-state index in [9.17, 15) is 0 Å². The van der Waals surface area contributed by atoms with Crippen molar-refractivity contribution in [3.63, 3.8) is 0 Å². The summed E-state index contributed by atoms with van der Waals surface area (Å²) in [6.07, 6.45) is 3.44. The molecule has 0 saturated carbocycles. The predicted molar refractivity (Wildman–Crippen MR) is 53.7 cm³/mol. The summed E-state index contributed by atoms with van der Waals surface area (Å²) in [7, 11) is 0. The molecule has 0 radical (unpaired) electrons. The summed E-state index contributed by atoms with van der Waals surface area (Å²) in [5.41, 5.74) is 5.41. The van der Waals surface area contributed by atoms with E-state index in [2.05, 4.69) is 11.9 Å². The Hall–Kier alpha value is -0.610. The third kappa shape index (κ3) is 1.69. The normalized spacial score (nSPS) is 29.0. The third-order valence-corrected chi connectivity index (χ3v) is 3.55. The standard InChI is InChI=1S/C9H14N2OS/c1-9(4-2-3-5-12-9)8-11-7(10)6-13-8/h6H,2-5,10H2,1H3. The van der Waals surface area contributed by atoms with Gasteiger partial charge in [0, 0.05) is 12.0 Å². The van der Waals surface area contributed by atoms with Gasteiger partial charge < -0.3 is 10.5 Å². The van der Waals surface area contributed by atoms with Gasteiger partial charge in [-0.2, -0.15) is 0 Å². The van der Waals surface area contributed by atoms with Crippen LogP contribution < -0.4 is 5.73 Å². The summed E-state index contributed by atoms with van der Waals surface area (Å²) in [5, 5.41) is 2.89. The Balaban J connectivity index is 2.22. The van der Waals surface area contributed by atoms with E-state index in [0.29, 0.717) is 5.82 Å². The molecule has 1 aliphatic rings. The number of anilines is 1. The van der Waals surface area contributed by atoms with E-state index in [1.54, 1.807) is 11.3 Å². The molecule has 1 atom stereocenters. The van der Waals surface area contributed by atoms with Crippen LogP contribution in [0.2, 0.25) is 0 Å². The van der Waals surface area contributed by atoms with E-state index in [4.69, 9.17) is 10.5 Å². The predicted octanol–water partition coefficient (Wildman–Crippen LogP) is 2.14. The zero-order valence-corrected chi connectivity index (χ0v) is 8.56. The van der Waals surface area contributed by atoms with Crippen molar-refractivity contribution in [2.24, 2.45) is 0 Å². The average Bonchev–Trinajstić information content (AvgIpc) is 2.54. The minimum atomic E-state index is -0.180. The Morgan fingerprint density at radius 3 is 3.00 bits per heavy atom. The molecule has 0 spiro atoms. The molecule has 0 aromatic carbocycles. The average molecular weight is 198 g/mol. The number of hydrogen-bond donors (Lipinski definition) is 1. The van der Waals surface area contributed by atoms with Gasteiger partial charge in [-0.3, -0.25) is 0 Å². The van der Waals surface area contributed by atoms with Crippen LogP contribution in [-0.4, -0.2) is 11.6 Å². The highest BCUT2D eigenvalue weighted by Gasteiger charge is 2.32. The zero-order chi connectivity index (χ0) is 9.31. The second-order valence-electron chi connectivity index (χ2n) is 3.61. The van der Waals surface area contributed by atoms with Crippen molar-refractivity contribution < 1.29 is 4.74 Å². The van der Waals surface area contributed by atoms with Gasteiger partial charge in [0.05, 0.1) is 0 Å². The fourth-order valence-electron chi connectivity index (χ4n) is 1.63. The number of nitrogen functional groups attached to an aromatic ring is 1. The number of nitrogens with zero attached hydrogens (tertiary/aromatic N) is 1. The molecule has 3 nitrogen and oxygen atoms in total. The van der Waals surface area contributed by atoms with Gasteiger partial charge in [-0.25, -0.2) is 4.98 Å². The van der Waals surface area contributed by atoms with Crippen LogP contribution in [0.3, 0.4) is 0 Å². The molecule has 2 N–H and O–H groups in total. The fourth-order valence-corrected chi connectivity index (χ4v) is 2.49. The molecule has 1 saturated heterocycles. The summed E-state index contributed by atoms with van der Waals surface area (Å²) >= 11 is 1.59. The second kappa shape index (κ2) is 3.27. The van der Waals surface area contributed by atoms with E-state index < -0.39 is 0 Å². The lowest BCUT2D eigenvalue weighted by Gasteiger charge is -2.31. The van der Waals surface area contributed by atoms with Gasteiger partial charge >= 0.3 is 0 Å². The van der Waals surface area contributed by atoms with Gasteiger partial charge in [0.1, 0.15) is 16.4 Å². The topological polar surface area (TPSA) is 48.1 Å². The SMILES string of the molecule is CC1(c2nc(N)cs2)CCCCO1. The second-order valence-corrected chi connectivity index (χ2v) is 4.47. The molecular formula is C9H14N2OS. The molecule has 0 bridgehead atoms. The van der Waals surface area contributed by atoms with Gasteiger partial charge in [-0.1, -0.05) is 0 Å². The Morgan fingerprint density at radius 2 is 2.46 bits per heavy atom. The molecule has 1 fully saturated rings. The largest absolute Gasteiger partial charge is 0.383 e. The van der Waals surface area contributed by atoms with Crippen LogP contribution in [0.15, 0.2) is 5.38 Å². The molecule has 4 heteroatoms. The van der Waals surface area contributed by atoms with E-state index in [0.717, 1.165) is 24.5 Å². The number of hydrogen-bond acceptors (Lipinski definition) is 4. The van der Waals surface area contributed by atoms with E-state index >= 15 is 0 Å². The molecular weight excluding hydrogens is 184 g/mol. The highest BCUT2D eigenvalue weighted by molar-refractivity contribution is 7.10. The monoisotopic (exact) mass is 198 g/mol. The van der Waals surface area contributed by atoms with Crippen LogP contribution in [0.25, 0.3) is 0 Å². The minimum Gasteiger partial charge on any atom is -0.383 e. The molecule has 2 rings (SSSR count). The van der Waals surface area contributed by atoms with Crippen molar-refractivity contribution in [2.75, 3.05) is 12.3 Å². The zero-order valence-electron chi connectivity index (χ0n) is 7.75. The van der Waals surface area contributed by atoms with Crippen LogP contribution >= 0.6 is 11.3 Å². The van der Waals surface area contributed by atoms with E-state index in [1.165, 1.54) is 6.42 Å². The Labute approximate surface area is 81.9 Å². The molecule has 72 valence electrons. The van der Waals surface area contributed by atoms with Crippen LogP contribution in [-0.2, 0) is 10.3 Å². The quantitative estimate of drug-likeness (QED) is 0.752. The Bertz CT molecular complexity index is 292. The highest BCUT2D eigenvalue weighted by Crippen LogP contribution is 2.36. The third-order valence-electron chi connectivity index (χ3n) is 2.44. The lowest BCUT2D eigenvalue weighted by molar-refractivity contribution is -0.0701. The van der Waals surface area contributed by atoms with Crippen LogP contribution in [0.4, 0.5) is 5.82 Å². The van der Waals surface area contributed by atoms with Gasteiger partial charge in [0.15, 0.2) is 0 Å². The molecule has 1 aromatic heterocycles. The van der Waals surface area contributed by atoms with Gasteiger partial charge in [-0.05, 0) is 26.2 Å². The van der Waals surface area contributed by atoms with Crippen molar-refractivity contribution in [3.8, 4) is 0 Å². The number of ether oxygens (including phenoxy) is 1. The smallest absolute Gasteiger partial charge is 0.134 e. The molecule has 1 aliphatic heterocycles. The van der Waals surface area contributed by atoms with Gasteiger partial charge in [-0.15, -0.1) is 11.3 Å². The van der Waals surface area contributed by atoms with E-state index in [-0.39, 0.29) is 5.60 Å². The summed E-state index contributed by atoms with van der Waals surface area (Å²) in [4.78, 5) is 4.28. The Morgan fingerprint density at radius 1 is 1.62 bits per heavy atom. The fraction of sp³-hybridized carbons (Fsp3) is 0.667. The maximum Gasteiger partial charge on any atom is 0.134 e. The summed E-state index contributed by atoms with van der Waals surface area (Å²) in [6.45, 7) is 2.94. The first-order valence-electron chi connectivity index (χ1n) is 4.56. The van der Waals surface area contributed by atoms with Crippen molar-refractivity contribution in [1.82, 2.24) is 4.98 Å². The number of rotatable bonds is 1. The first kappa shape index (κ1) is 8.97. The van der Waals surface area contributed by atoms with Crippen molar-refractivity contribution in [2.45, 2.75) is 31.8 Å². The molecule has 13 heavy (non-hydrogen) atoms. The van der Waals surface area contributed by atoms with Gasteiger partial charge in [0.2, 0.25) is 0 Å². The molecule has 1 aromatic rings. The van der Waals surface area contributed by atoms with Crippen molar-refractivity contribution in [1.29, 1.82) is 0 Å². The number of aromatic nitrogens is 1. The lowest BCUT2D eigenvalue weighted by Crippen LogP contribution is -2.29.